The van der Waals surface area contributed by atoms with Crippen molar-refractivity contribution in [2.75, 3.05) is 13.1 Å². The maximum Gasteiger partial charge on any atom is 0.258 e. The van der Waals surface area contributed by atoms with E-state index >= 15 is 0 Å². The molecule has 1 aliphatic rings. The standard InChI is InChI=1S/C15H25ClN4O/c1-9(2)13-12(14(16)19(4)18-13)15(21)20-7-5-6-11(8-20)10(3)17/h9-11H,5-8,17H2,1-4H3/t10-,11+/m0/s1. The van der Waals surface area contributed by atoms with Gasteiger partial charge in [0, 0.05) is 26.2 Å². The van der Waals surface area contributed by atoms with Gasteiger partial charge in [0.2, 0.25) is 0 Å². The number of amides is 1. The van der Waals surface area contributed by atoms with Crippen LogP contribution < -0.4 is 5.73 Å². The van der Waals surface area contributed by atoms with E-state index in [4.69, 9.17) is 17.3 Å². The molecule has 1 aromatic heterocycles. The Hall–Kier alpha value is -1.07. The molecule has 118 valence electrons. The number of likely N-dealkylation sites (tertiary alicyclic amines) is 1. The fraction of sp³-hybridized carbons (Fsp3) is 0.733. The lowest BCUT2D eigenvalue weighted by atomic mass is 9.91. The van der Waals surface area contributed by atoms with Gasteiger partial charge in [-0.3, -0.25) is 9.48 Å². The van der Waals surface area contributed by atoms with Gasteiger partial charge in [-0.05, 0) is 31.6 Å². The molecule has 0 radical (unpaired) electrons. The van der Waals surface area contributed by atoms with Crippen LogP contribution in [0.3, 0.4) is 0 Å². The molecular weight excluding hydrogens is 288 g/mol. The van der Waals surface area contributed by atoms with E-state index in [1.165, 1.54) is 0 Å². The molecule has 0 aromatic carbocycles. The summed E-state index contributed by atoms with van der Waals surface area (Å²) in [6, 6.07) is 0.106. The largest absolute Gasteiger partial charge is 0.338 e. The van der Waals surface area contributed by atoms with Crippen molar-refractivity contribution in [1.82, 2.24) is 14.7 Å². The molecule has 1 saturated heterocycles. The number of hydrogen-bond donors (Lipinski definition) is 1. The zero-order valence-electron chi connectivity index (χ0n) is 13.3. The van der Waals surface area contributed by atoms with Crippen molar-refractivity contribution in [3.8, 4) is 0 Å². The van der Waals surface area contributed by atoms with Gasteiger partial charge < -0.3 is 10.6 Å². The van der Waals surface area contributed by atoms with Crippen molar-refractivity contribution in [3.05, 3.63) is 16.4 Å². The van der Waals surface area contributed by atoms with Crippen LogP contribution in [-0.2, 0) is 7.05 Å². The molecular formula is C15H25ClN4O. The lowest BCUT2D eigenvalue weighted by Crippen LogP contribution is -2.45. The zero-order valence-corrected chi connectivity index (χ0v) is 14.0. The van der Waals surface area contributed by atoms with Crippen molar-refractivity contribution in [2.45, 2.75) is 45.6 Å². The second kappa shape index (κ2) is 6.36. The number of piperidine rings is 1. The van der Waals surface area contributed by atoms with Crippen LogP contribution in [-0.4, -0.2) is 39.7 Å². The van der Waals surface area contributed by atoms with Gasteiger partial charge in [-0.2, -0.15) is 5.10 Å². The van der Waals surface area contributed by atoms with Gasteiger partial charge in [0.05, 0.1) is 11.3 Å². The van der Waals surface area contributed by atoms with Crippen LogP contribution in [0.2, 0.25) is 5.15 Å². The van der Waals surface area contributed by atoms with E-state index in [9.17, 15) is 4.79 Å². The first-order valence-corrected chi connectivity index (χ1v) is 7.98. The zero-order chi connectivity index (χ0) is 15.7. The van der Waals surface area contributed by atoms with Gasteiger partial charge in [-0.1, -0.05) is 25.4 Å². The van der Waals surface area contributed by atoms with Crippen LogP contribution in [0, 0.1) is 5.92 Å². The smallest absolute Gasteiger partial charge is 0.258 e. The van der Waals surface area contributed by atoms with E-state index < -0.39 is 0 Å². The SMILES string of the molecule is CC(C)c1nn(C)c(Cl)c1C(=O)N1CCC[C@@H]([C@H](C)N)C1. The molecule has 5 nitrogen and oxygen atoms in total. The number of carbonyl (C=O) groups is 1. The van der Waals surface area contributed by atoms with Gasteiger partial charge in [-0.25, -0.2) is 0 Å². The Morgan fingerprint density at radius 3 is 2.67 bits per heavy atom. The summed E-state index contributed by atoms with van der Waals surface area (Å²) < 4.78 is 1.58. The minimum absolute atomic E-state index is 0.0119. The van der Waals surface area contributed by atoms with Crippen LogP contribution >= 0.6 is 11.6 Å². The number of rotatable bonds is 3. The maximum atomic E-state index is 12.9. The van der Waals surface area contributed by atoms with Crippen LogP contribution in [0.4, 0.5) is 0 Å². The predicted octanol–water partition coefficient (Wildman–Crippen LogP) is 2.40. The summed E-state index contributed by atoms with van der Waals surface area (Å²) in [7, 11) is 1.77. The second-order valence-electron chi connectivity index (χ2n) is 6.34. The summed E-state index contributed by atoms with van der Waals surface area (Å²) in [6.07, 6.45) is 2.08. The molecule has 0 aliphatic carbocycles. The van der Waals surface area contributed by atoms with Crippen LogP contribution in [0.1, 0.15) is 55.6 Å². The molecule has 2 heterocycles. The van der Waals surface area contributed by atoms with Crippen molar-refractivity contribution < 1.29 is 4.79 Å². The van der Waals surface area contributed by atoms with Crippen molar-refractivity contribution in [3.63, 3.8) is 0 Å². The third kappa shape index (κ3) is 3.24. The van der Waals surface area contributed by atoms with Gasteiger partial charge >= 0.3 is 0 Å². The normalized spacial score (nSPS) is 20.9. The Morgan fingerprint density at radius 2 is 2.10 bits per heavy atom. The Bertz CT molecular complexity index is 524. The van der Waals surface area contributed by atoms with E-state index in [1.807, 2.05) is 25.7 Å². The molecule has 2 N–H and O–H groups in total. The quantitative estimate of drug-likeness (QED) is 0.932. The number of carbonyl (C=O) groups excluding carboxylic acids is 1. The summed E-state index contributed by atoms with van der Waals surface area (Å²) in [4.78, 5) is 14.8. The minimum atomic E-state index is -0.0119. The third-order valence-electron chi connectivity index (χ3n) is 4.25. The third-order valence-corrected chi connectivity index (χ3v) is 4.69. The molecule has 1 fully saturated rings. The van der Waals surface area contributed by atoms with E-state index in [-0.39, 0.29) is 17.9 Å². The summed E-state index contributed by atoms with van der Waals surface area (Å²) in [6.45, 7) is 7.53. The summed E-state index contributed by atoms with van der Waals surface area (Å²) in [5, 5.41) is 4.82. The van der Waals surface area contributed by atoms with Crippen molar-refractivity contribution >= 4 is 17.5 Å². The fourth-order valence-corrected chi connectivity index (χ4v) is 3.12. The number of halogens is 1. The summed E-state index contributed by atoms with van der Waals surface area (Å²) in [5.74, 6) is 0.513. The Kier molecular flexibility index (Phi) is 4.94. The molecule has 6 heteroatoms. The molecule has 1 aromatic rings. The fourth-order valence-electron chi connectivity index (χ4n) is 2.91. The topological polar surface area (TPSA) is 64.2 Å². The van der Waals surface area contributed by atoms with Crippen LogP contribution in [0.25, 0.3) is 0 Å². The molecule has 0 unspecified atom stereocenters. The highest BCUT2D eigenvalue weighted by Crippen LogP contribution is 2.28. The lowest BCUT2D eigenvalue weighted by molar-refractivity contribution is 0.0659. The molecule has 0 spiro atoms. The Morgan fingerprint density at radius 1 is 1.43 bits per heavy atom. The van der Waals surface area contributed by atoms with Gasteiger partial charge in [0.1, 0.15) is 5.15 Å². The number of nitrogens with zero attached hydrogens (tertiary/aromatic N) is 3. The first-order chi connectivity index (χ1) is 9.82. The molecule has 1 amide bonds. The second-order valence-corrected chi connectivity index (χ2v) is 6.70. The highest BCUT2D eigenvalue weighted by molar-refractivity contribution is 6.33. The van der Waals surface area contributed by atoms with Gasteiger partial charge in [-0.15, -0.1) is 0 Å². The average molecular weight is 313 g/mol. The van der Waals surface area contributed by atoms with Crippen molar-refractivity contribution in [1.29, 1.82) is 0 Å². The number of aromatic nitrogens is 2. The predicted molar refractivity (Wildman–Crippen MR) is 84.6 cm³/mol. The van der Waals surface area contributed by atoms with Crippen LogP contribution in [0.5, 0.6) is 0 Å². The maximum absolute atomic E-state index is 12.9. The first-order valence-electron chi connectivity index (χ1n) is 7.60. The lowest BCUT2D eigenvalue weighted by Gasteiger charge is -2.34. The Labute approximate surface area is 131 Å². The highest BCUT2D eigenvalue weighted by atomic mass is 35.5. The number of hydrogen-bond acceptors (Lipinski definition) is 3. The first kappa shape index (κ1) is 16.3. The van der Waals surface area contributed by atoms with Gasteiger partial charge in [0.15, 0.2) is 0 Å². The van der Waals surface area contributed by atoms with E-state index in [2.05, 4.69) is 5.10 Å². The number of nitrogens with two attached hydrogens (primary N) is 1. The van der Waals surface area contributed by atoms with E-state index in [0.717, 1.165) is 25.1 Å². The Balaban J connectivity index is 2.28. The minimum Gasteiger partial charge on any atom is -0.338 e. The molecule has 1 aliphatic heterocycles. The van der Waals surface area contributed by atoms with Crippen molar-refractivity contribution in [2.24, 2.45) is 18.7 Å². The number of aryl methyl sites for hydroxylation is 1. The van der Waals surface area contributed by atoms with E-state index in [1.54, 1.807) is 11.7 Å². The molecule has 0 saturated carbocycles. The average Bonchev–Trinajstić information content (AvgIpc) is 2.74. The summed E-state index contributed by atoms with van der Waals surface area (Å²) in [5.41, 5.74) is 7.33. The highest BCUT2D eigenvalue weighted by Gasteiger charge is 2.31. The van der Waals surface area contributed by atoms with E-state index in [0.29, 0.717) is 23.2 Å². The van der Waals surface area contributed by atoms with Gasteiger partial charge in [0.25, 0.3) is 5.91 Å². The summed E-state index contributed by atoms with van der Waals surface area (Å²) >= 11 is 6.30. The molecule has 0 bridgehead atoms. The molecule has 2 atom stereocenters. The van der Waals surface area contributed by atoms with Crippen LogP contribution in [0.15, 0.2) is 0 Å². The molecule has 2 rings (SSSR count). The molecule has 21 heavy (non-hydrogen) atoms. The monoisotopic (exact) mass is 312 g/mol.